The van der Waals surface area contributed by atoms with E-state index in [0.717, 1.165) is 13.2 Å². The predicted molar refractivity (Wildman–Crippen MR) is 53.5 cm³/mol. The van der Waals surface area contributed by atoms with E-state index < -0.39 is 0 Å². The Kier molecular flexibility index (Phi) is 3.74. The Morgan fingerprint density at radius 3 is 2.46 bits per heavy atom. The first-order chi connectivity index (χ1) is 6.03. The van der Waals surface area contributed by atoms with Gasteiger partial charge < -0.3 is 9.47 Å². The van der Waals surface area contributed by atoms with E-state index in [2.05, 4.69) is 13.8 Å². The van der Waals surface area contributed by atoms with Crippen LogP contribution in [0.3, 0.4) is 0 Å². The molecule has 2 nitrogen and oxygen atoms in total. The number of hydrogen-bond donors (Lipinski definition) is 0. The lowest BCUT2D eigenvalue weighted by molar-refractivity contribution is -0.235. The Bertz CT molecular complexity index is 154. The first-order valence-corrected chi connectivity index (χ1v) is 5.31. The molecule has 2 unspecified atom stereocenters. The first-order valence-electron chi connectivity index (χ1n) is 5.31. The van der Waals surface area contributed by atoms with Crippen molar-refractivity contribution in [2.75, 3.05) is 13.2 Å². The van der Waals surface area contributed by atoms with Crippen molar-refractivity contribution in [3.8, 4) is 0 Å². The van der Waals surface area contributed by atoms with Gasteiger partial charge in [-0.15, -0.1) is 0 Å². The zero-order valence-corrected chi connectivity index (χ0v) is 9.30. The summed E-state index contributed by atoms with van der Waals surface area (Å²) in [6.45, 7) is 10.1. The quantitative estimate of drug-likeness (QED) is 0.627. The molecule has 2 heteroatoms. The molecule has 0 aliphatic carbocycles. The normalized spacial score (nSPS) is 35.1. The van der Waals surface area contributed by atoms with Gasteiger partial charge in [0.1, 0.15) is 0 Å². The topological polar surface area (TPSA) is 18.5 Å². The van der Waals surface area contributed by atoms with Crippen LogP contribution in [-0.4, -0.2) is 19.0 Å². The third-order valence-corrected chi connectivity index (χ3v) is 2.70. The van der Waals surface area contributed by atoms with Crippen LogP contribution in [0, 0.1) is 11.8 Å². The van der Waals surface area contributed by atoms with Crippen molar-refractivity contribution < 1.29 is 9.47 Å². The van der Waals surface area contributed by atoms with Gasteiger partial charge in [-0.2, -0.15) is 0 Å². The summed E-state index contributed by atoms with van der Waals surface area (Å²) in [7, 11) is 0. The molecule has 0 aromatic carbocycles. The van der Waals surface area contributed by atoms with Gasteiger partial charge in [-0.1, -0.05) is 20.3 Å². The Hall–Kier alpha value is -0.0800. The van der Waals surface area contributed by atoms with E-state index in [1.165, 1.54) is 12.8 Å². The van der Waals surface area contributed by atoms with Crippen LogP contribution in [0.25, 0.3) is 0 Å². The standard InChI is InChI=1S/C11H22O2/c1-5-10-6-9(2)7-12-11(3,4)13-8-10/h9-10H,5-8H2,1-4H3. The van der Waals surface area contributed by atoms with Crippen molar-refractivity contribution in [2.45, 2.75) is 46.3 Å². The van der Waals surface area contributed by atoms with Crippen molar-refractivity contribution >= 4 is 0 Å². The van der Waals surface area contributed by atoms with Crippen LogP contribution in [0.2, 0.25) is 0 Å². The Balaban J connectivity index is 2.50. The molecule has 0 spiro atoms. The third-order valence-electron chi connectivity index (χ3n) is 2.70. The average molecular weight is 186 g/mol. The summed E-state index contributed by atoms with van der Waals surface area (Å²) in [6.07, 6.45) is 2.44. The van der Waals surface area contributed by atoms with Crippen LogP contribution in [0.1, 0.15) is 40.5 Å². The summed E-state index contributed by atoms with van der Waals surface area (Å²) in [5, 5.41) is 0. The fourth-order valence-corrected chi connectivity index (χ4v) is 1.69. The lowest BCUT2D eigenvalue weighted by Gasteiger charge is -2.33. The van der Waals surface area contributed by atoms with E-state index >= 15 is 0 Å². The van der Waals surface area contributed by atoms with Crippen molar-refractivity contribution in [3.63, 3.8) is 0 Å². The first kappa shape index (κ1) is 11.0. The molecule has 1 rings (SSSR count). The minimum atomic E-state index is -0.387. The molecule has 0 radical (unpaired) electrons. The SMILES string of the molecule is CCC1COC(C)(C)OCC(C)C1. The molecule has 0 aromatic rings. The molecule has 0 N–H and O–H groups in total. The molecular weight excluding hydrogens is 164 g/mol. The second-order valence-electron chi connectivity index (χ2n) is 4.64. The zero-order valence-electron chi connectivity index (χ0n) is 9.30. The van der Waals surface area contributed by atoms with Crippen LogP contribution >= 0.6 is 0 Å². The van der Waals surface area contributed by atoms with Crippen LogP contribution < -0.4 is 0 Å². The lowest BCUT2D eigenvalue weighted by atomic mass is 9.94. The molecule has 0 amide bonds. The van der Waals surface area contributed by atoms with Gasteiger partial charge in [0.05, 0.1) is 13.2 Å². The molecular formula is C11H22O2. The fourth-order valence-electron chi connectivity index (χ4n) is 1.69. The van der Waals surface area contributed by atoms with Gasteiger partial charge >= 0.3 is 0 Å². The van der Waals surface area contributed by atoms with Crippen LogP contribution in [-0.2, 0) is 9.47 Å². The van der Waals surface area contributed by atoms with Gasteiger partial charge in [-0.05, 0) is 32.1 Å². The molecule has 1 fully saturated rings. The predicted octanol–water partition coefficient (Wildman–Crippen LogP) is 2.82. The zero-order chi connectivity index (χ0) is 9.90. The Morgan fingerprint density at radius 1 is 1.23 bits per heavy atom. The largest absolute Gasteiger partial charge is 0.350 e. The third kappa shape index (κ3) is 3.65. The molecule has 1 aliphatic heterocycles. The van der Waals surface area contributed by atoms with E-state index in [1.54, 1.807) is 0 Å². The second-order valence-corrected chi connectivity index (χ2v) is 4.64. The van der Waals surface area contributed by atoms with Crippen LogP contribution in [0.4, 0.5) is 0 Å². The molecule has 2 atom stereocenters. The van der Waals surface area contributed by atoms with Crippen molar-refractivity contribution in [1.82, 2.24) is 0 Å². The molecule has 0 saturated carbocycles. The van der Waals surface area contributed by atoms with Crippen molar-refractivity contribution in [1.29, 1.82) is 0 Å². The smallest absolute Gasteiger partial charge is 0.162 e. The van der Waals surface area contributed by atoms with E-state index in [-0.39, 0.29) is 5.79 Å². The Labute approximate surface area is 81.6 Å². The minimum absolute atomic E-state index is 0.387. The molecule has 1 saturated heterocycles. The van der Waals surface area contributed by atoms with Gasteiger partial charge in [-0.25, -0.2) is 0 Å². The summed E-state index contributed by atoms with van der Waals surface area (Å²) in [5.41, 5.74) is 0. The molecule has 0 bridgehead atoms. The molecule has 78 valence electrons. The maximum Gasteiger partial charge on any atom is 0.162 e. The van der Waals surface area contributed by atoms with E-state index in [0.29, 0.717) is 11.8 Å². The molecule has 13 heavy (non-hydrogen) atoms. The van der Waals surface area contributed by atoms with Crippen LogP contribution in [0.5, 0.6) is 0 Å². The number of rotatable bonds is 1. The van der Waals surface area contributed by atoms with Gasteiger partial charge in [0.25, 0.3) is 0 Å². The maximum atomic E-state index is 5.70. The van der Waals surface area contributed by atoms with Gasteiger partial charge in [-0.3, -0.25) is 0 Å². The molecule has 0 aromatic heterocycles. The van der Waals surface area contributed by atoms with Crippen molar-refractivity contribution in [3.05, 3.63) is 0 Å². The minimum Gasteiger partial charge on any atom is -0.350 e. The lowest BCUT2D eigenvalue weighted by Crippen LogP contribution is -2.35. The second kappa shape index (κ2) is 4.43. The van der Waals surface area contributed by atoms with E-state index in [9.17, 15) is 0 Å². The number of hydrogen-bond acceptors (Lipinski definition) is 2. The molecule has 1 heterocycles. The van der Waals surface area contributed by atoms with Gasteiger partial charge in [0, 0.05) is 0 Å². The summed E-state index contributed by atoms with van der Waals surface area (Å²) in [6, 6.07) is 0. The summed E-state index contributed by atoms with van der Waals surface area (Å²) in [4.78, 5) is 0. The van der Waals surface area contributed by atoms with E-state index in [1.807, 2.05) is 13.8 Å². The van der Waals surface area contributed by atoms with Crippen molar-refractivity contribution in [2.24, 2.45) is 11.8 Å². The average Bonchev–Trinajstić information content (AvgIpc) is 2.07. The highest BCUT2D eigenvalue weighted by Crippen LogP contribution is 2.24. The monoisotopic (exact) mass is 186 g/mol. The highest BCUT2D eigenvalue weighted by molar-refractivity contribution is 4.67. The van der Waals surface area contributed by atoms with Gasteiger partial charge in [0.2, 0.25) is 0 Å². The molecule has 1 aliphatic rings. The summed E-state index contributed by atoms with van der Waals surface area (Å²) < 4.78 is 11.4. The Morgan fingerprint density at radius 2 is 1.85 bits per heavy atom. The summed E-state index contributed by atoms with van der Waals surface area (Å²) >= 11 is 0. The number of ether oxygens (including phenoxy) is 2. The van der Waals surface area contributed by atoms with Crippen LogP contribution in [0.15, 0.2) is 0 Å². The highest BCUT2D eigenvalue weighted by Gasteiger charge is 2.25. The maximum absolute atomic E-state index is 5.70. The van der Waals surface area contributed by atoms with E-state index in [4.69, 9.17) is 9.47 Å². The highest BCUT2D eigenvalue weighted by atomic mass is 16.7. The summed E-state index contributed by atoms with van der Waals surface area (Å²) in [5.74, 6) is 0.980. The van der Waals surface area contributed by atoms with Gasteiger partial charge in [0.15, 0.2) is 5.79 Å². The fraction of sp³-hybridized carbons (Fsp3) is 1.00.